The summed E-state index contributed by atoms with van der Waals surface area (Å²) in [5.41, 5.74) is 5.80. The van der Waals surface area contributed by atoms with Gasteiger partial charge in [0, 0.05) is 25.2 Å². The van der Waals surface area contributed by atoms with E-state index in [2.05, 4.69) is 0 Å². The van der Waals surface area contributed by atoms with Gasteiger partial charge in [0.05, 0.1) is 26.4 Å². The zero-order chi connectivity index (χ0) is 16.8. The van der Waals surface area contributed by atoms with Gasteiger partial charge < -0.3 is 20.1 Å². The Morgan fingerprint density at radius 1 is 1.39 bits per heavy atom. The molecule has 0 bridgehead atoms. The van der Waals surface area contributed by atoms with Crippen LogP contribution in [-0.4, -0.2) is 74.7 Å². The van der Waals surface area contributed by atoms with Crippen LogP contribution in [0.15, 0.2) is 24.3 Å². The third-order valence-corrected chi connectivity index (χ3v) is 3.70. The summed E-state index contributed by atoms with van der Waals surface area (Å²) in [5, 5.41) is 0. The monoisotopic (exact) mass is 321 g/mol. The molecule has 2 amide bonds. The van der Waals surface area contributed by atoms with Crippen molar-refractivity contribution in [1.29, 1.82) is 0 Å². The second-order valence-electron chi connectivity index (χ2n) is 5.64. The molecule has 1 aromatic carbocycles. The van der Waals surface area contributed by atoms with Gasteiger partial charge in [-0.3, -0.25) is 14.5 Å². The van der Waals surface area contributed by atoms with Gasteiger partial charge >= 0.3 is 0 Å². The fourth-order valence-corrected chi connectivity index (χ4v) is 2.61. The maximum atomic E-state index is 12.6. The molecule has 126 valence electrons. The smallest absolute Gasteiger partial charge is 0.254 e. The van der Waals surface area contributed by atoms with Crippen molar-refractivity contribution in [2.75, 3.05) is 46.9 Å². The lowest BCUT2D eigenvalue weighted by atomic mass is 10.1. The summed E-state index contributed by atoms with van der Waals surface area (Å²) in [6.07, 6.45) is -0.129. The van der Waals surface area contributed by atoms with Crippen molar-refractivity contribution in [1.82, 2.24) is 9.80 Å². The van der Waals surface area contributed by atoms with Crippen LogP contribution in [0, 0.1) is 0 Å². The van der Waals surface area contributed by atoms with Gasteiger partial charge in [0.1, 0.15) is 5.75 Å². The van der Waals surface area contributed by atoms with E-state index >= 15 is 0 Å². The van der Waals surface area contributed by atoms with Gasteiger partial charge in [-0.25, -0.2) is 0 Å². The van der Waals surface area contributed by atoms with E-state index in [1.54, 1.807) is 48.2 Å². The standard InChI is InChI=1S/C16H23N3O4/c1-18(11-15(17)20)9-14-10-19(7-8-23-14)16(21)12-3-5-13(22-2)6-4-12/h3-6,14H,7-11H2,1-2H3,(H2,17,20). The minimum absolute atomic E-state index is 0.0292. The molecule has 1 unspecified atom stereocenters. The summed E-state index contributed by atoms with van der Waals surface area (Å²) in [6, 6.07) is 7.05. The molecule has 23 heavy (non-hydrogen) atoms. The SMILES string of the molecule is COc1ccc(C(=O)N2CCOC(CN(C)CC(N)=O)C2)cc1. The Bertz CT molecular complexity index is 547. The third kappa shape index (κ3) is 4.94. The highest BCUT2D eigenvalue weighted by atomic mass is 16.5. The molecule has 2 rings (SSSR count). The predicted molar refractivity (Wildman–Crippen MR) is 85.3 cm³/mol. The molecule has 1 heterocycles. The average Bonchev–Trinajstić information content (AvgIpc) is 2.53. The van der Waals surface area contributed by atoms with Crippen molar-refractivity contribution >= 4 is 11.8 Å². The number of benzene rings is 1. The third-order valence-electron chi connectivity index (χ3n) is 3.70. The molecule has 1 aliphatic heterocycles. The van der Waals surface area contributed by atoms with Gasteiger partial charge in [-0.1, -0.05) is 0 Å². The lowest BCUT2D eigenvalue weighted by Gasteiger charge is -2.34. The maximum Gasteiger partial charge on any atom is 0.254 e. The van der Waals surface area contributed by atoms with Crippen molar-refractivity contribution in [2.45, 2.75) is 6.10 Å². The highest BCUT2D eigenvalue weighted by Gasteiger charge is 2.26. The first-order chi connectivity index (χ1) is 11.0. The Labute approximate surface area is 135 Å². The molecule has 1 fully saturated rings. The van der Waals surface area contributed by atoms with E-state index in [-0.39, 0.29) is 24.5 Å². The first-order valence-corrected chi connectivity index (χ1v) is 7.51. The summed E-state index contributed by atoms with van der Waals surface area (Å²) < 4.78 is 10.8. The van der Waals surface area contributed by atoms with Crippen molar-refractivity contribution in [3.63, 3.8) is 0 Å². The number of carbonyl (C=O) groups is 2. The fraction of sp³-hybridized carbons (Fsp3) is 0.500. The molecule has 1 aliphatic rings. The van der Waals surface area contributed by atoms with Crippen molar-refractivity contribution < 1.29 is 19.1 Å². The molecular formula is C16H23N3O4. The van der Waals surface area contributed by atoms with Crippen LogP contribution in [0.25, 0.3) is 0 Å². The summed E-state index contributed by atoms with van der Waals surface area (Å²) in [4.78, 5) is 27.0. The van der Waals surface area contributed by atoms with Crippen LogP contribution in [0.2, 0.25) is 0 Å². The number of primary amides is 1. The molecule has 1 aromatic rings. The number of nitrogens with two attached hydrogens (primary N) is 1. The number of hydrogen-bond donors (Lipinski definition) is 1. The molecule has 0 aliphatic carbocycles. The average molecular weight is 321 g/mol. The van der Waals surface area contributed by atoms with E-state index in [0.29, 0.717) is 31.8 Å². The number of ether oxygens (including phenoxy) is 2. The van der Waals surface area contributed by atoms with Crippen LogP contribution in [0.4, 0.5) is 0 Å². The molecule has 0 saturated carbocycles. The van der Waals surface area contributed by atoms with E-state index < -0.39 is 0 Å². The molecule has 1 saturated heterocycles. The molecule has 7 nitrogen and oxygen atoms in total. The van der Waals surface area contributed by atoms with Crippen LogP contribution in [0.3, 0.4) is 0 Å². The minimum Gasteiger partial charge on any atom is -0.497 e. The van der Waals surface area contributed by atoms with Crippen molar-refractivity contribution in [3.05, 3.63) is 29.8 Å². The highest BCUT2D eigenvalue weighted by molar-refractivity contribution is 5.94. The van der Waals surface area contributed by atoms with Gasteiger partial charge in [0.25, 0.3) is 5.91 Å². The van der Waals surface area contributed by atoms with Gasteiger partial charge in [0.15, 0.2) is 0 Å². The summed E-state index contributed by atoms with van der Waals surface area (Å²) in [6.45, 7) is 2.26. The summed E-state index contributed by atoms with van der Waals surface area (Å²) >= 11 is 0. The van der Waals surface area contributed by atoms with Crippen molar-refractivity contribution in [2.24, 2.45) is 5.73 Å². The molecule has 1 atom stereocenters. The summed E-state index contributed by atoms with van der Waals surface area (Å²) in [5.74, 6) is 0.308. The van der Waals surface area contributed by atoms with Crippen LogP contribution in [-0.2, 0) is 9.53 Å². The lowest BCUT2D eigenvalue weighted by Crippen LogP contribution is -2.49. The normalized spacial score (nSPS) is 18.0. The number of rotatable bonds is 6. The molecule has 0 aromatic heterocycles. The number of likely N-dealkylation sites (N-methyl/N-ethyl adjacent to an activating group) is 1. The molecule has 2 N–H and O–H groups in total. The Balaban J connectivity index is 1.94. The lowest BCUT2D eigenvalue weighted by molar-refractivity contribution is -0.119. The van der Waals surface area contributed by atoms with E-state index in [0.717, 1.165) is 5.75 Å². The van der Waals surface area contributed by atoms with Gasteiger partial charge in [0.2, 0.25) is 5.91 Å². The molecule has 0 radical (unpaired) electrons. The van der Waals surface area contributed by atoms with E-state index in [9.17, 15) is 9.59 Å². The number of nitrogens with zero attached hydrogens (tertiary/aromatic N) is 2. The molecular weight excluding hydrogens is 298 g/mol. The quantitative estimate of drug-likeness (QED) is 0.794. The second kappa shape index (κ2) is 7.94. The topological polar surface area (TPSA) is 85.1 Å². The zero-order valence-electron chi connectivity index (χ0n) is 13.5. The van der Waals surface area contributed by atoms with Crippen LogP contribution in [0.1, 0.15) is 10.4 Å². The zero-order valence-corrected chi connectivity index (χ0v) is 13.5. The maximum absolute atomic E-state index is 12.6. The summed E-state index contributed by atoms with van der Waals surface area (Å²) in [7, 11) is 3.39. The van der Waals surface area contributed by atoms with Crippen LogP contribution < -0.4 is 10.5 Å². The number of methoxy groups -OCH3 is 1. The van der Waals surface area contributed by atoms with Crippen LogP contribution in [0.5, 0.6) is 5.75 Å². The minimum atomic E-state index is -0.380. The number of carbonyl (C=O) groups excluding carboxylic acids is 2. The van der Waals surface area contributed by atoms with E-state index in [1.165, 1.54) is 0 Å². The van der Waals surface area contributed by atoms with Gasteiger partial charge in [-0.05, 0) is 31.3 Å². The van der Waals surface area contributed by atoms with Crippen molar-refractivity contribution in [3.8, 4) is 5.75 Å². The van der Waals surface area contributed by atoms with E-state index in [4.69, 9.17) is 15.2 Å². The Hall–Kier alpha value is -2.12. The van der Waals surface area contributed by atoms with E-state index in [1.807, 2.05) is 0 Å². The second-order valence-corrected chi connectivity index (χ2v) is 5.64. The first kappa shape index (κ1) is 17.2. The van der Waals surface area contributed by atoms with Gasteiger partial charge in [-0.15, -0.1) is 0 Å². The Morgan fingerprint density at radius 3 is 2.70 bits per heavy atom. The molecule has 0 spiro atoms. The number of amides is 2. The largest absolute Gasteiger partial charge is 0.497 e. The van der Waals surface area contributed by atoms with Gasteiger partial charge in [-0.2, -0.15) is 0 Å². The fourth-order valence-electron chi connectivity index (χ4n) is 2.61. The highest BCUT2D eigenvalue weighted by Crippen LogP contribution is 2.15. The predicted octanol–water partition coefficient (Wildman–Crippen LogP) is -0.0467. The number of morpholine rings is 1. The first-order valence-electron chi connectivity index (χ1n) is 7.51. The Kier molecular flexibility index (Phi) is 5.95. The van der Waals surface area contributed by atoms with Crippen LogP contribution >= 0.6 is 0 Å². The number of hydrogen-bond acceptors (Lipinski definition) is 5. The molecule has 7 heteroatoms. The Morgan fingerprint density at radius 2 is 2.09 bits per heavy atom.